The molecule has 5 nitrogen and oxygen atoms in total. The van der Waals surface area contributed by atoms with Crippen molar-refractivity contribution in [2.75, 3.05) is 13.1 Å². The van der Waals surface area contributed by atoms with Gasteiger partial charge in [-0.1, -0.05) is 32.0 Å². The van der Waals surface area contributed by atoms with Gasteiger partial charge >= 0.3 is 0 Å². The fraction of sp³-hybridized carbons (Fsp3) is 0.474. The van der Waals surface area contributed by atoms with Crippen molar-refractivity contribution < 1.29 is 0 Å². The summed E-state index contributed by atoms with van der Waals surface area (Å²) in [5.41, 5.74) is 4.43. The van der Waals surface area contributed by atoms with Gasteiger partial charge in [-0.25, -0.2) is 9.67 Å². The van der Waals surface area contributed by atoms with E-state index in [1.807, 2.05) is 29.8 Å². The third-order valence-electron chi connectivity index (χ3n) is 3.86. The molecule has 1 heterocycles. The maximum atomic E-state index is 4.73. The molecule has 6 heteroatoms. The summed E-state index contributed by atoms with van der Waals surface area (Å²) in [5, 5.41) is 11.4. The first-order chi connectivity index (χ1) is 11.5. The van der Waals surface area contributed by atoms with E-state index >= 15 is 0 Å². The van der Waals surface area contributed by atoms with Gasteiger partial charge in [0.2, 0.25) is 0 Å². The quantitative estimate of drug-likeness (QED) is 0.396. The molecule has 0 radical (unpaired) electrons. The second-order valence-corrected chi connectivity index (χ2v) is 6.37. The standard InChI is InChI=1S/C19H29N5.HI/c1-6-20-19(21-12-14(2)3)22-13-18-15(4)23-24(16(18)5)17-10-8-7-9-11-17;/h7-11,14H,6,12-13H2,1-5H3,(H2,20,21,22);1H. The number of rotatable bonds is 6. The lowest BCUT2D eigenvalue weighted by Gasteiger charge is -2.13. The number of aromatic nitrogens is 2. The third kappa shape index (κ3) is 6.02. The van der Waals surface area contributed by atoms with Crippen LogP contribution in [0.25, 0.3) is 5.69 Å². The van der Waals surface area contributed by atoms with E-state index in [0.29, 0.717) is 12.5 Å². The molecule has 0 aliphatic carbocycles. The van der Waals surface area contributed by atoms with Crippen LogP contribution in [0, 0.1) is 19.8 Å². The van der Waals surface area contributed by atoms with Gasteiger partial charge < -0.3 is 10.6 Å². The summed E-state index contributed by atoms with van der Waals surface area (Å²) in [5.74, 6) is 1.44. The largest absolute Gasteiger partial charge is 0.357 e. The predicted octanol–water partition coefficient (Wildman–Crippen LogP) is 3.82. The summed E-state index contributed by atoms with van der Waals surface area (Å²) in [6.45, 7) is 13.0. The zero-order chi connectivity index (χ0) is 17.5. The number of hydrogen-bond acceptors (Lipinski definition) is 2. The highest BCUT2D eigenvalue weighted by molar-refractivity contribution is 14.0. The highest BCUT2D eigenvalue weighted by Gasteiger charge is 2.12. The third-order valence-corrected chi connectivity index (χ3v) is 3.86. The molecule has 1 aromatic heterocycles. The highest BCUT2D eigenvalue weighted by Crippen LogP contribution is 2.18. The fourth-order valence-electron chi connectivity index (χ4n) is 2.53. The number of aliphatic imine (C=N–C) groups is 1. The van der Waals surface area contributed by atoms with Crippen molar-refractivity contribution in [3.63, 3.8) is 0 Å². The van der Waals surface area contributed by atoms with Crippen LogP contribution in [0.5, 0.6) is 0 Å². The SMILES string of the molecule is CCNC(=NCc1c(C)nn(-c2ccccc2)c1C)NCC(C)C.I. The number of para-hydroxylation sites is 1. The van der Waals surface area contributed by atoms with Crippen molar-refractivity contribution in [1.82, 2.24) is 20.4 Å². The normalized spacial score (nSPS) is 11.4. The van der Waals surface area contributed by atoms with Gasteiger partial charge in [-0.05, 0) is 38.8 Å². The maximum Gasteiger partial charge on any atom is 0.191 e. The van der Waals surface area contributed by atoms with Crippen LogP contribution < -0.4 is 10.6 Å². The van der Waals surface area contributed by atoms with Crippen LogP contribution in [-0.4, -0.2) is 28.8 Å². The number of nitrogens with zero attached hydrogens (tertiary/aromatic N) is 3. The molecule has 0 atom stereocenters. The summed E-state index contributed by atoms with van der Waals surface area (Å²) >= 11 is 0. The van der Waals surface area contributed by atoms with Gasteiger partial charge in [-0.2, -0.15) is 5.10 Å². The Morgan fingerprint density at radius 2 is 1.84 bits per heavy atom. The summed E-state index contributed by atoms with van der Waals surface area (Å²) in [6.07, 6.45) is 0. The molecule has 0 aliphatic rings. The van der Waals surface area contributed by atoms with Crippen molar-refractivity contribution in [3.05, 3.63) is 47.3 Å². The zero-order valence-corrected chi connectivity index (χ0v) is 18.2. The number of hydrogen-bond donors (Lipinski definition) is 2. The topological polar surface area (TPSA) is 54.2 Å². The number of benzene rings is 1. The number of nitrogens with one attached hydrogen (secondary N) is 2. The van der Waals surface area contributed by atoms with Gasteiger partial charge in [-0.3, -0.25) is 0 Å². The molecule has 2 aromatic rings. The lowest BCUT2D eigenvalue weighted by Crippen LogP contribution is -2.39. The molecule has 2 N–H and O–H groups in total. The van der Waals surface area contributed by atoms with E-state index < -0.39 is 0 Å². The number of guanidine groups is 1. The van der Waals surface area contributed by atoms with Crippen molar-refractivity contribution in [3.8, 4) is 5.69 Å². The molecule has 138 valence electrons. The lowest BCUT2D eigenvalue weighted by atomic mass is 10.2. The van der Waals surface area contributed by atoms with Crippen molar-refractivity contribution in [1.29, 1.82) is 0 Å². The van der Waals surface area contributed by atoms with Crippen LogP contribution >= 0.6 is 24.0 Å². The monoisotopic (exact) mass is 455 g/mol. The molecule has 0 aliphatic heterocycles. The minimum Gasteiger partial charge on any atom is -0.357 e. The molecule has 0 saturated heterocycles. The first-order valence-corrected chi connectivity index (χ1v) is 8.65. The number of aryl methyl sites for hydroxylation is 1. The molecular weight excluding hydrogens is 425 g/mol. The van der Waals surface area contributed by atoms with Crippen molar-refractivity contribution in [2.45, 2.75) is 41.2 Å². The molecule has 25 heavy (non-hydrogen) atoms. The number of halogens is 1. The average molecular weight is 455 g/mol. The minimum atomic E-state index is 0. The molecule has 1 aromatic carbocycles. The van der Waals surface area contributed by atoms with E-state index in [4.69, 9.17) is 4.99 Å². The molecule has 0 fully saturated rings. The summed E-state index contributed by atoms with van der Waals surface area (Å²) in [4.78, 5) is 4.73. The zero-order valence-electron chi connectivity index (χ0n) is 15.8. The predicted molar refractivity (Wildman–Crippen MR) is 116 cm³/mol. The Hall–Kier alpha value is -1.57. The van der Waals surface area contributed by atoms with Crippen LogP contribution in [0.4, 0.5) is 0 Å². The first-order valence-electron chi connectivity index (χ1n) is 8.65. The molecule has 0 amide bonds. The van der Waals surface area contributed by atoms with Gasteiger partial charge in [0, 0.05) is 24.3 Å². The van der Waals surface area contributed by atoms with Gasteiger partial charge in [0.1, 0.15) is 0 Å². The second kappa shape index (κ2) is 10.4. The van der Waals surface area contributed by atoms with Crippen LogP contribution in [0.2, 0.25) is 0 Å². The fourth-order valence-corrected chi connectivity index (χ4v) is 2.53. The van der Waals surface area contributed by atoms with E-state index in [9.17, 15) is 0 Å². The van der Waals surface area contributed by atoms with Crippen LogP contribution in [-0.2, 0) is 6.54 Å². The van der Waals surface area contributed by atoms with Gasteiger partial charge in [0.15, 0.2) is 5.96 Å². The highest BCUT2D eigenvalue weighted by atomic mass is 127. The van der Waals surface area contributed by atoms with Gasteiger partial charge in [0.05, 0.1) is 17.9 Å². The Bertz CT molecular complexity index is 677. The summed E-state index contributed by atoms with van der Waals surface area (Å²) in [6, 6.07) is 10.2. The van der Waals surface area contributed by atoms with Gasteiger partial charge in [-0.15, -0.1) is 24.0 Å². The van der Waals surface area contributed by atoms with Crippen LogP contribution in [0.3, 0.4) is 0 Å². The second-order valence-electron chi connectivity index (χ2n) is 6.37. The summed E-state index contributed by atoms with van der Waals surface area (Å²) in [7, 11) is 0. The minimum absolute atomic E-state index is 0. The Balaban J connectivity index is 0.00000312. The smallest absolute Gasteiger partial charge is 0.191 e. The van der Waals surface area contributed by atoms with E-state index in [1.165, 1.54) is 5.56 Å². The van der Waals surface area contributed by atoms with E-state index in [1.54, 1.807) is 0 Å². The van der Waals surface area contributed by atoms with Gasteiger partial charge in [0.25, 0.3) is 0 Å². The van der Waals surface area contributed by atoms with Crippen molar-refractivity contribution in [2.24, 2.45) is 10.9 Å². The average Bonchev–Trinajstić information content (AvgIpc) is 2.85. The summed E-state index contributed by atoms with van der Waals surface area (Å²) < 4.78 is 1.99. The van der Waals surface area contributed by atoms with E-state index in [-0.39, 0.29) is 24.0 Å². The first kappa shape index (κ1) is 21.5. The molecule has 2 rings (SSSR count). The lowest BCUT2D eigenvalue weighted by molar-refractivity contribution is 0.615. The Morgan fingerprint density at radius 1 is 1.16 bits per heavy atom. The Kier molecular flexibility index (Phi) is 8.96. The maximum absolute atomic E-state index is 4.73. The molecular formula is C19H30IN5. The molecule has 0 bridgehead atoms. The van der Waals surface area contributed by atoms with Crippen molar-refractivity contribution >= 4 is 29.9 Å². The van der Waals surface area contributed by atoms with E-state index in [2.05, 4.69) is 55.6 Å². The molecule has 0 spiro atoms. The Morgan fingerprint density at radius 3 is 2.44 bits per heavy atom. The van der Waals surface area contributed by atoms with Crippen LogP contribution in [0.15, 0.2) is 35.3 Å². The van der Waals surface area contributed by atoms with Crippen LogP contribution in [0.1, 0.15) is 37.7 Å². The van der Waals surface area contributed by atoms with E-state index in [0.717, 1.165) is 36.1 Å². The molecule has 0 saturated carbocycles. The molecule has 0 unspecified atom stereocenters. The Labute approximate surface area is 168 Å².